The van der Waals surface area contributed by atoms with Gasteiger partial charge in [0.05, 0.1) is 37.9 Å². The molecule has 1 unspecified atom stereocenters. The second kappa shape index (κ2) is 10.4. The molecule has 8 heteroatoms. The van der Waals surface area contributed by atoms with Gasteiger partial charge in [-0.3, -0.25) is 14.5 Å². The lowest BCUT2D eigenvalue weighted by atomic mass is 9.96. The molecule has 2 heterocycles. The molecule has 0 radical (unpaired) electrons. The summed E-state index contributed by atoms with van der Waals surface area (Å²) in [5.41, 5.74) is 2.35. The molecule has 0 spiro atoms. The van der Waals surface area contributed by atoms with Gasteiger partial charge in [0.25, 0.3) is 0 Å². The van der Waals surface area contributed by atoms with Crippen LogP contribution in [0.4, 0.5) is 0 Å². The zero-order valence-electron chi connectivity index (χ0n) is 20.6. The Kier molecular flexibility index (Phi) is 7.31. The molecular formula is C27H31NO7. The van der Waals surface area contributed by atoms with Crippen molar-refractivity contribution in [3.8, 4) is 23.0 Å². The summed E-state index contributed by atoms with van der Waals surface area (Å²) in [7, 11) is 3.11. The number of hydrogen-bond donors (Lipinski definition) is 1. The summed E-state index contributed by atoms with van der Waals surface area (Å²) in [5.74, 6) is 1.11. The molecule has 0 aliphatic carbocycles. The highest BCUT2D eigenvalue weighted by Gasteiger charge is 2.35. The number of likely N-dealkylation sites (tertiary alicyclic amines) is 1. The van der Waals surface area contributed by atoms with Crippen LogP contribution in [0.3, 0.4) is 0 Å². The molecule has 0 amide bonds. The maximum Gasteiger partial charge on any atom is 0.310 e. The van der Waals surface area contributed by atoms with Crippen LogP contribution in [0.5, 0.6) is 23.0 Å². The topological polar surface area (TPSA) is 94.5 Å². The Labute approximate surface area is 205 Å². The number of Topliss-reactive ketones (excluding diaryl/α,β-unsaturated/α-hetero) is 1. The van der Waals surface area contributed by atoms with E-state index in [9.17, 15) is 14.7 Å². The van der Waals surface area contributed by atoms with Gasteiger partial charge in [0.15, 0.2) is 17.3 Å². The summed E-state index contributed by atoms with van der Waals surface area (Å²) in [4.78, 5) is 27.6. The average Bonchev–Trinajstić information content (AvgIpc) is 3.18. The van der Waals surface area contributed by atoms with Crippen LogP contribution in [0.15, 0.2) is 30.0 Å². The number of fused-ring (bicyclic) bond motifs is 1. The van der Waals surface area contributed by atoms with Crippen LogP contribution in [-0.2, 0) is 16.1 Å². The third kappa shape index (κ3) is 4.98. The van der Waals surface area contributed by atoms with E-state index in [4.69, 9.17) is 18.9 Å². The Morgan fingerprint density at radius 1 is 1.23 bits per heavy atom. The Morgan fingerprint density at radius 2 is 2.00 bits per heavy atom. The highest BCUT2D eigenvalue weighted by Crippen LogP contribution is 2.43. The van der Waals surface area contributed by atoms with E-state index >= 15 is 0 Å². The standard InChI is InChI=1S/C27H31NO7/c1-5-34-27(31)18-7-6-10-28(14-18)15-19-20(29)11-16(2)24-25(30)23(35-26(19)24)13-17-8-9-21(32-3)22(12-17)33-4/h8-9,11-13,18,29H,5-7,10,14-15H2,1-4H3/b23-13-. The third-order valence-corrected chi connectivity index (χ3v) is 6.43. The highest BCUT2D eigenvalue weighted by molar-refractivity contribution is 6.15. The summed E-state index contributed by atoms with van der Waals surface area (Å²) in [6.45, 7) is 5.60. The second-order valence-corrected chi connectivity index (χ2v) is 8.78. The number of carbonyl (C=O) groups is 2. The zero-order valence-corrected chi connectivity index (χ0v) is 20.6. The lowest BCUT2D eigenvalue weighted by Crippen LogP contribution is -2.39. The van der Waals surface area contributed by atoms with Crippen molar-refractivity contribution in [3.05, 3.63) is 52.3 Å². The van der Waals surface area contributed by atoms with Crippen molar-refractivity contribution in [3.63, 3.8) is 0 Å². The quantitative estimate of drug-likeness (QED) is 0.466. The molecule has 1 fully saturated rings. The lowest BCUT2D eigenvalue weighted by molar-refractivity contribution is -0.150. The first kappa shape index (κ1) is 24.6. The number of esters is 1. The minimum atomic E-state index is -0.239. The van der Waals surface area contributed by atoms with E-state index in [1.54, 1.807) is 52.3 Å². The zero-order chi connectivity index (χ0) is 25.1. The fourth-order valence-corrected chi connectivity index (χ4v) is 4.70. The van der Waals surface area contributed by atoms with Gasteiger partial charge in [0.1, 0.15) is 11.5 Å². The first-order valence-electron chi connectivity index (χ1n) is 11.8. The number of aromatic hydroxyl groups is 1. The first-order valence-corrected chi connectivity index (χ1v) is 11.8. The Hall–Kier alpha value is -3.52. The van der Waals surface area contributed by atoms with Crippen molar-refractivity contribution in [2.24, 2.45) is 5.92 Å². The monoisotopic (exact) mass is 481 g/mol. The number of hydrogen-bond acceptors (Lipinski definition) is 8. The molecule has 2 aliphatic rings. The number of phenolic OH excluding ortho intramolecular Hbond substituents is 1. The molecule has 2 aromatic rings. The van der Waals surface area contributed by atoms with E-state index < -0.39 is 0 Å². The SMILES string of the molecule is CCOC(=O)C1CCCN(Cc2c(O)cc(C)c3c2O/C(=C\c2ccc(OC)c(OC)c2)C3=O)C1. The fourth-order valence-electron chi connectivity index (χ4n) is 4.70. The van der Waals surface area contributed by atoms with Crippen LogP contribution in [0.2, 0.25) is 0 Å². The molecular weight excluding hydrogens is 450 g/mol. The Balaban J connectivity index is 1.62. The number of rotatable bonds is 7. The van der Waals surface area contributed by atoms with Crippen molar-refractivity contribution < 1.29 is 33.6 Å². The summed E-state index contributed by atoms with van der Waals surface area (Å²) >= 11 is 0. The van der Waals surface area contributed by atoms with Crippen LogP contribution in [0, 0.1) is 12.8 Å². The number of allylic oxidation sites excluding steroid dienone is 1. The van der Waals surface area contributed by atoms with Crippen molar-refractivity contribution in [2.45, 2.75) is 33.2 Å². The van der Waals surface area contributed by atoms with Gasteiger partial charge in [-0.2, -0.15) is 0 Å². The van der Waals surface area contributed by atoms with Crippen molar-refractivity contribution >= 4 is 17.8 Å². The molecule has 0 saturated carbocycles. The molecule has 1 N–H and O–H groups in total. The van der Waals surface area contributed by atoms with Gasteiger partial charge in [0, 0.05) is 13.1 Å². The number of ketones is 1. The molecule has 0 bridgehead atoms. The maximum atomic E-state index is 13.3. The van der Waals surface area contributed by atoms with Crippen molar-refractivity contribution in [1.29, 1.82) is 0 Å². The molecule has 1 atom stereocenters. The van der Waals surface area contributed by atoms with E-state index in [1.165, 1.54) is 0 Å². The fraction of sp³-hybridized carbons (Fsp3) is 0.407. The van der Waals surface area contributed by atoms with Gasteiger partial charge < -0.3 is 24.1 Å². The molecule has 8 nitrogen and oxygen atoms in total. The minimum absolute atomic E-state index is 0.0691. The maximum absolute atomic E-state index is 13.3. The van der Waals surface area contributed by atoms with E-state index in [0.717, 1.165) is 24.9 Å². The van der Waals surface area contributed by atoms with Gasteiger partial charge in [-0.05, 0) is 68.6 Å². The normalized spacial score (nSPS) is 18.8. The van der Waals surface area contributed by atoms with Gasteiger partial charge in [-0.25, -0.2) is 0 Å². The summed E-state index contributed by atoms with van der Waals surface area (Å²) in [6, 6.07) is 6.93. The first-order chi connectivity index (χ1) is 16.9. The number of phenols is 1. The average molecular weight is 482 g/mol. The molecule has 0 aromatic heterocycles. The van der Waals surface area contributed by atoms with Crippen molar-refractivity contribution in [1.82, 2.24) is 4.90 Å². The summed E-state index contributed by atoms with van der Waals surface area (Å²) in [5, 5.41) is 10.8. The van der Waals surface area contributed by atoms with Crippen LogP contribution in [0.25, 0.3) is 6.08 Å². The van der Waals surface area contributed by atoms with Gasteiger partial charge in [-0.1, -0.05) is 6.07 Å². The smallest absolute Gasteiger partial charge is 0.310 e. The van der Waals surface area contributed by atoms with Crippen LogP contribution in [-0.4, -0.2) is 55.7 Å². The van der Waals surface area contributed by atoms with Crippen molar-refractivity contribution in [2.75, 3.05) is 33.9 Å². The molecule has 2 aromatic carbocycles. The number of nitrogens with zero attached hydrogens (tertiary/aromatic N) is 1. The predicted molar refractivity (Wildman–Crippen MR) is 130 cm³/mol. The lowest BCUT2D eigenvalue weighted by Gasteiger charge is -2.31. The number of ether oxygens (including phenoxy) is 4. The van der Waals surface area contributed by atoms with Crippen LogP contribution in [0.1, 0.15) is 46.8 Å². The number of carbonyl (C=O) groups excluding carboxylic acids is 2. The molecule has 4 rings (SSSR count). The molecule has 2 aliphatic heterocycles. The van der Waals surface area contributed by atoms with Crippen LogP contribution < -0.4 is 14.2 Å². The minimum Gasteiger partial charge on any atom is -0.507 e. The van der Waals surface area contributed by atoms with E-state index in [-0.39, 0.29) is 29.2 Å². The summed E-state index contributed by atoms with van der Waals surface area (Å²) in [6.07, 6.45) is 3.28. The predicted octanol–water partition coefficient (Wildman–Crippen LogP) is 4.11. The van der Waals surface area contributed by atoms with E-state index in [1.807, 2.05) is 6.07 Å². The van der Waals surface area contributed by atoms with E-state index in [0.29, 0.717) is 53.6 Å². The third-order valence-electron chi connectivity index (χ3n) is 6.43. The van der Waals surface area contributed by atoms with Gasteiger partial charge >= 0.3 is 5.97 Å². The molecule has 1 saturated heterocycles. The largest absolute Gasteiger partial charge is 0.507 e. The van der Waals surface area contributed by atoms with Crippen LogP contribution >= 0.6 is 0 Å². The molecule has 186 valence electrons. The number of aryl methyl sites for hydroxylation is 1. The number of methoxy groups -OCH3 is 2. The van der Waals surface area contributed by atoms with Gasteiger partial charge in [-0.15, -0.1) is 0 Å². The highest BCUT2D eigenvalue weighted by atomic mass is 16.5. The summed E-state index contributed by atoms with van der Waals surface area (Å²) < 4.78 is 21.9. The Morgan fingerprint density at radius 3 is 2.71 bits per heavy atom. The van der Waals surface area contributed by atoms with Gasteiger partial charge in [0.2, 0.25) is 5.78 Å². The Bertz CT molecular complexity index is 1170. The molecule has 35 heavy (non-hydrogen) atoms. The number of benzene rings is 2. The van der Waals surface area contributed by atoms with E-state index in [2.05, 4.69) is 4.90 Å². The number of piperidine rings is 1. The second-order valence-electron chi connectivity index (χ2n) is 8.78.